The summed E-state index contributed by atoms with van der Waals surface area (Å²) in [5, 5.41) is 0. The molecular weight excluding hydrogens is 256 g/mol. The van der Waals surface area contributed by atoms with E-state index >= 15 is 0 Å². The first-order valence-corrected chi connectivity index (χ1v) is 8.68. The molecule has 0 heterocycles. The zero-order chi connectivity index (χ0) is 17.3. The Hall–Kier alpha value is -0.0400. The van der Waals surface area contributed by atoms with E-state index < -0.39 is 0 Å². The van der Waals surface area contributed by atoms with Crippen molar-refractivity contribution in [3.63, 3.8) is 0 Å². The number of hydrogen-bond donors (Lipinski definition) is 0. The average Bonchev–Trinajstić information content (AvgIpc) is 2.07. The van der Waals surface area contributed by atoms with E-state index in [4.69, 9.17) is 4.74 Å². The highest BCUT2D eigenvalue weighted by atomic mass is 16.5. The van der Waals surface area contributed by atoms with Crippen molar-refractivity contribution in [3.05, 3.63) is 0 Å². The molecule has 0 saturated carbocycles. The molecule has 0 N–H and O–H groups in total. The van der Waals surface area contributed by atoms with Gasteiger partial charge < -0.3 is 4.74 Å². The zero-order valence-electron chi connectivity index (χ0n) is 17.0. The monoisotopic (exact) mass is 298 g/mol. The van der Waals surface area contributed by atoms with Crippen LogP contribution in [0.5, 0.6) is 0 Å². The van der Waals surface area contributed by atoms with Gasteiger partial charge in [-0.05, 0) is 63.2 Å². The van der Waals surface area contributed by atoms with Gasteiger partial charge in [0.1, 0.15) is 0 Å². The summed E-state index contributed by atoms with van der Waals surface area (Å²) < 4.78 is 6.57. The summed E-state index contributed by atoms with van der Waals surface area (Å²) in [7, 11) is 0. The summed E-state index contributed by atoms with van der Waals surface area (Å²) in [4.78, 5) is 0. The second kappa shape index (κ2) is 6.60. The molecule has 1 unspecified atom stereocenters. The van der Waals surface area contributed by atoms with Gasteiger partial charge in [0.05, 0.1) is 11.2 Å². The lowest BCUT2D eigenvalue weighted by Gasteiger charge is -2.45. The Morgan fingerprint density at radius 1 is 0.667 bits per heavy atom. The van der Waals surface area contributed by atoms with Crippen LogP contribution in [0.1, 0.15) is 95.9 Å². The first-order valence-electron chi connectivity index (χ1n) is 8.68. The maximum Gasteiger partial charge on any atom is 0.0639 e. The first-order chi connectivity index (χ1) is 8.98. The van der Waals surface area contributed by atoms with Crippen LogP contribution < -0.4 is 0 Å². The van der Waals surface area contributed by atoms with Gasteiger partial charge in [0.2, 0.25) is 0 Å². The SMILES string of the molecule is CC(C)C(C)C(C)(C)CC(C)(C)OC(C)(C)CC(C)(C)C. The lowest BCUT2D eigenvalue weighted by molar-refractivity contribution is -0.154. The van der Waals surface area contributed by atoms with Gasteiger partial charge >= 0.3 is 0 Å². The van der Waals surface area contributed by atoms with Crippen molar-refractivity contribution in [2.24, 2.45) is 22.7 Å². The highest BCUT2D eigenvalue weighted by Gasteiger charge is 2.38. The van der Waals surface area contributed by atoms with Gasteiger partial charge in [-0.1, -0.05) is 55.4 Å². The van der Waals surface area contributed by atoms with Crippen LogP contribution in [0.3, 0.4) is 0 Å². The molecule has 0 radical (unpaired) electrons. The Bertz CT molecular complexity index is 315. The molecule has 21 heavy (non-hydrogen) atoms. The van der Waals surface area contributed by atoms with Gasteiger partial charge in [0.15, 0.2) is 0 Å². The third kappa shape index (κ3) is 8.24. The Morgan fingerprint density at radius 3 is 1.38 bits per heavy atom. The summed E-state index contributed by atoms with van der Waals surface area (Å²) in [6, 6.07) is 0. The highest BCUT2D eigenvalue weighted by molar-refractivity contribution is 4.88. The molecule has 0 aliphatic rings. The molecule has 1 nitrogen and oxygen atoms in total. The van der Waals surface area contributed by atoms with E-state index in [0.29, 0.717) is 17.3 Å². The lowest BCUT2D eigenvalue weighted by atomic mass is 9.68. The van der Waals surface area contributed by atoms with Gasteiger partial charge in [0, 0.05) is 0 Å². The van der Waals surface area contributed by atoms with Crippen molar-refractivity contribution in [1.82, 2.24) is 0 Å². The van der Waals surface area contributed by atoms with E-state index in [2.05, 4.69) is 83.1 Å². The predicted molar refractivity (Wildman–Crippen MR) is 95.7 cm³/mol. The van der Waals surface area contributed by atoms with Crippen LogP contribution >= 0.6 is 0 Å². The quantitative estimate of drug-likeness (QED) is 0.508. The van der Waals surface area contributed by atoms with Crippen molar-refractivity contribution in [1.29, 1.82) is 0 Å². The number of hydrogen-bond acceptors (Lipinski definition) is 1. The fourth-order valence-corrected chi connectivity index (χ4v) is 4.26. The third-order valence-electron chi connectivity index (χ3n) is 4.62. The fourth-order valence-electron chi connectivity index (χ4n) is 4.26. The average molecular weight is 299 g/mol. The predicted octanol–water partition coefficient (Wildman–Crippen LogP) is 6.70. The van der Waals surface area contributed by atoms with Gasteiger partial charge in [0.25, 0.3) is 0 Å². The summed E-state index contributed by atoms with van der Waals surface area (Å²) in [6.07, 6.45) is 2.16. The lowest BCUT2D eigenvalue weighted by Crippen LogP contribution is -2.43. The molecule has 0 saturated heterocycles. The Labute approximate surface area is 135 Å². The first kappa shape index (κ1) is 21.0. The zero-order valence-corrected chi connectivity index (χ0v) is 17.0. The second-order valence-corrected chi connectivity index (χ2v) is 10.6. The smallest absolute Gasteiger partial charge is 0.0639 e. The van der Waals surface area contributed by atoms with Crippen molar-refractivity contribution < 1.29 is 4.74 Å². The van der Waals surface area contributed by atoms with Gasteiger partial charge in [-0.25, -0.2) is 0 Å². The van der Waals surface area contributed by atoms with Crippen molar-refractivity contribution >= 4 is 0 Å². The minimum absolute atomic E-state index is 0.0844. The molecule has 0 aliphatic carbocycles. The van der Waals surface area contributed by atoms with Crippen LogP contribution in [0.2, 0.25) is 0 Å². The van der Waals surface area contributed by atoms with Crippen molar-refractivity contribution in [2.45, 2.75) is 107 Å². The van der Waals surface area contributed by atoms with Gasteiger partial charge in [-0.2, -0.15) is 0 Å². The molecule has 0 spiro atoms. The van der Waals surface area contributed by atoms with E-state index in [0.717, 1.165) is 12.8 Å². The Morgan fingerprint density at radius 2 is 1.05 bits per heavy atom. The summed E-state index contributed by atoms with van der Waals surface area (Å²) in [6.45, 7) is 27.6. The molecule has 0 aromatic heterocycles. The van der Waals surface area contributed by atoms with E-state index in [1.54, 1.807) is 0 Å². The third-order valence-corrected chi connectivity index (χ3v) is 4.62. The Kier molecular flexibility index (Phi) is 6.59. The maximum atomic E-state index is 6.57. The molecule has 0 aromatic rings. The molecule has 0 fully saturated rings. The second-order valence-electron chi connectivity index (χ2n) is 10.6. The van der Waals surface area contributed by atoms with Crippen molar-refractivity contribution in [2.75, 3.05) is 0 Å². The van der Waals surface area contributed by atoms with Gasteiger partial charge in [-0.3, -0.25) is 0 Å². The minimum Gasteiger partial charge on any atom is -0.370 e. The van der Waals surface area contributed by atoms with Gasteiger partial charge in [-0.15, -0.1) is 0 Å². The van der Waals surface area contributed by atoms with Crippen LogP contribution in [0.4, 0.5) is 0 Å². The van der Waals surface area contributed by atoms with Crippen LogP contribution in [-0.2, 0) is 4.74 Å². The summed E-state index contributed by atoms with van der Waals surface area (Å²) in [5.41, 5.74) is 0.399. The molecule has 0 bridgehead atoms. The van der Waals surface area contributed by atoms with E-state index in [9.17, 15) is 0 Å². The normalized spacial score (nSPS) is 16.4. The van der Waals surface area contributed by atoms with E-state index in [1.165, 1.54) is 0 Å². The molecule has 0 aromatic carbocycles. The Balaban J connectivity index is 4.91. The molecule has 0 rings (SSSR count). The number of rotatable bonds is 7. The molecule has 1 heteroatoms. The van der Waals surface area contributed by atoms with Crippen molar-refractivity contribution in [3.8, 4) is 0 Å². The summed E-state index contributed by atoms with van der Waals surface area (Å²) >= 11 is 0. The maximum absolute atomic E-state index is 6.57. The fraction of sp³-hybridized carbons (Fsp3) is 1.00. The van der Waals surface area contributed by atoms with Crippen LogP contribution in [0, 0.1) is 22.7 Å². The van der Waals surface area contributed by atoms with Crippen LogP contribution in [-0.4, -0.2) is 11.2 Å². The molecule has 128 valence electrons. The minimum atomic E-state index is -0.0958. The van der Waals surface area contributed by atoms with E-state index in [-0.39, 0.29) is 16.6 Å². The molecule has 0 aliphatic heterocycles. The van der Waals surface area contributed by atoms with Crippen LogP contribution in [0.25, 0.3) is 0 Å². The molecular formula is C20H42O. The summed E-state index contributed by atoms with van der Waals surface area (Å²) in [5.74, 6) is 1.39. The molecule has 1 atom stereocenters. The number of ether oxygens (including phenoxy) is 1. The molecule has 0 amide bonds. The van der Waals surface area contributed by atoms with E-state index in [1.807, 2.05) is 0 Å². The topological polar surface area (TPSA) is 9.23 Å². The largest absolute Gasteiger partial charge is 0.370 e. The van der Waals surface area contributed by atoms with Crippen LogP contribution in [0.15, 0.2) is 0 Å². The standard InChI is InChI=1S/C20H42O/c1-15(2)16(3)18(7,8)14-20(11,12)21-19(9,10)13-17(4,5)6/h15-16H,13-14H2,1-12H3. The highest BCUT2D eigenvalue weighted by Crippen LogP contribution is 2.42.